The molecule has 106 valence electrons. The largest absolute Gasteiger partial charge is 0.309 e. The number of nitrogens with zero attached hydrogens (tertiary/aromatic N) is 1. The second-order valence-corrected chi connectivity index (χ2v) is 6.35. The van der Waals surface area contributed by atoms with E-state index in [2.05, 4.69) is 68.3 Å². The van der Waals surface area contributed by atoms with E-state index in [-0.39, 0.29) is 11.5 Å². The van der Waals surface area contributed by atoms with Crippen molar-refractivity contribution in [3.8, 4) is 0 Å². The highest BCUT2D eigenvalue weighted by atomic mass is 14.9. The smallest absolute Gasteiger partial charge is 0.0592 e. The van der Waals surface area contributed by atoms with Crippen molar-refractivity contribution in [3.05, 3.63) is 65.0 Å². The van der Waals surface area contributed by atoms with Crippen LogP contribution in [0.25, 0.3) is 0 Å². The lowest BCUT2D eigenvalue weighted by Crippen LogP contribution is -2.23. The van der Waals surface area contributed by atoms with Crippen molar-refractivity contribution in [1.82, 2.24) is 10.3 Å². The van der Waals surface area contributed by atoms with Gasteiger partial charge in [-0.1, -0.05) is 51.1 Å². The Morgan fingerprint density at radius 3 is 2.40 bits per heavy atom. The summed E-state index contributed by atoms with van der Waals surface area (Å²) in [4.78, 5) is 4.33. The van der Waals surface area contributed by atoms with Gasteiger partial charge in [-0.25, -0.2) is 0 Å². The molecule has 0 aliphatic heterocycles. The predicted octanol–water partition coefficient (Wildman–Crippen LogP) is 4.00. The summed E-state index contributed by atoms with van der Waals surface area (Å²) in [5.41, 5.74) is 5.24. The first kappa shape index (κ1) is 14.7. The van der Waals surface area contributed by atoms with Crippen molar-refractivity contribution >= 4 is 0 Å². The molecule has 0 radical (unpaired) electrons. The van der Waals surface area contributed by atoms with Crippen LogP contribution in [0.4, 0.5) is 0 Å². The molecule has 2 aromatic rings. The van der Waals surface area contributed by atoms with Crippen LogP contribution in [0.3, 0.4) is 0 Å². The molecule has 1 atom stereocenters. The third-order valence-electron chi connectivity index (χ3n) is 3.60. The van der Waals surface area contributed by atoms with Crippen molar-refractivity contribution in [3.63, 3.8) is 0 Å². The van der Waals surface area contributed by atoms with Gasteiger partial charge in [0.2, 0.25) is 0 Å². The van der Waals surface area contributed by atoms with Gasteiger partial charge in [-0.3, -0.25) is 4.98 Å². The van der Waals surface area contributed by atoms with Crippen LogP contribution in [-0.4, -0.2) is 12.0 Å². The molecule has 1 aromatic carbocycles. The Morgan fingerprint density at radius 1 is 1.10 bits per heavy atom. The average Bonchev–Trinajstić information content (AvgIpc) is 2.39. The monoisotopic (exact) mass is 268 g/mol. The Balaban J connectivity index is 2.53. The van der Waals surface area contributed by atoms with Crippen molar-refractivity contribution < 1.29 is 0 Å². The molecular weight excluding hydrogens is 244 g/mol. The van der Waals surface area contributed by atoms with Gasteiger partial charge < -0.3 is 5.32 Å². The molecule has 0 fully saturated rings. The molecule has 0 saturated heterocycles. The van der Waals surface area contributed by atoms with Gasteiger partial charge in [0.05, 0.1) is 6.04 Å². The summed E-state index contributed by atoms with van der Waals surface area (Å²) < 4.78 is 0. The zero-order valence-electron chi connectivity index (χ0n) is 13.1. The lowest BCUT2D eigenvalue weighted by Gasteiger charge is -2.27. The van der Waals surface area contributed by atoms with Gasteiger partial charge >= 0.3 is 0 Å². The van der Waals surface area contributed by atoms with Crippen molar-refractivity contribution in [1.29, 1.82) is 0 Å². The fourth-order valence-corrected chi connectivity index (χ4v) is 2.67. The molecule has 1 heterocycles. The first-order chi connectivity index (χ1) is 9.43. The van der Waals surface area contributed by atoms with Gasteiger partial charge in [0.1, 0.15) is 0 Å². The summed E-state index contributed by atoms with van der Waals surface area (Å²) >= 11 is 0. The highest BCUT2D eigenvalue weighted by Crippen LogP contribution is 2.32. The van der Waals surface area contributed by atoms with Crippen molar-refractivity contribution in [2.24, 2.45) is 0 Å². The van der Waals surface area contributed by atoms with E-state index < -0.39 is 0 Å². The van der Waals surface area contributed by atoms with Gasteiger partial charge in [-0.2, -0.15) is 0 Å². The van der Waals surface area contributed by atoms with E-state index in [0.29, 0.717) is 0 Å². The fraction of sp³-hybridized carbons (Fsp3) is 0.389. The molecule has 0 amide bonds. The maximum absolute atomic E-state index is 4.33. The van der Waals surface area contributed by atoms with Crippen LogP contribution in [-0.2, 0) is 5.41 Å². The maximum Gasteiger partial charge on any atom is 0.0592 e. The number of hydrogen-bond acceptors (Lipinski definition) is 2. The summed E-state index contributed by atoms with van der Waals surface area (Å²) in [5, 5.41) is 3.43. The molecule has 20 heavy (non-hydrogen) atoms. The molecule has 1 N–H and O–H groups in total. The summed E-state index contributed by atoms with van der Waals surface area (Å²) in [7, 11) is 2.01. The molecule has 0 bridgehead atoms. The number of nitrogens with one attached hydrogen (secondary N) is 1. The predicted molar refractivity (Wildman–Crippen MR) is 85.0 cm³/mol. The van der Waals surface area contributed by atoms with Crippen molar-refractivity contribution in [2.75, 3.05) is 7.05 Å². The minimum absolute atomic E-state index is 0.128. The van der Waals surface area contributed by atoms with E-state index in [1.54, 1.807) is 0 Å². The molecule has 0 aliphatic rings. The third kappa shape index (κ3) is 3.07. The highest BCUT2D eigenvalue weighted by Gasteiger charge is 2.22. The zero-order chi connectivity index (χ0) is 14.8. The Kier molecular flexibility index (Phi) is 4.24. The van der Waals surface area contributed by atoms with E-state index in [1.165, 1.54) is 22.3 Å². The van der Waals surface area contributed by atoms with Crippen LogP contribution in [0.5, 0.6) is 0 Å². The second kappa shape index (κ2) is 5.76. The molecule has 2 rings (SSSR count). The lowest BCUT2D eigenvalue weighted by molar-refractivity contribution is 0.566. The molecule has 2 nitrogen and oxygen atoms in total. The topological polar surface area (TPSA) is 24.9 Å². The molecule has 0 spiro atoms. The van der Waals surface area contributed by atoms with Crippen LogP contribution in [0.1, 0.15) is 49.1 Å². The first-order valence-corrected chi connectivity index (χ1v) is 7.11. The quantitative estimate of drug-likeness (QED) is 0.910. The third-order valence-corrected chi connectivity index (χ3v) is 3.60. The Morgan fingerprint density at radius 2 is 1.80 bits per heavy atom. The normalized spacial score (nSPS) is 13.2. The Labute approximate surface area is 122 Å². The van der Waals surface area contributed by atoms with E-state index in [4.69, 9.17) is 0 Å². The summed E-state index contributed by atoms with van der Waals surface area (Å²) in [6.45, 7) is 8.85. The zero-order valence-corrected chi connectivity index (χ0v) is 13.1. The number of aryl methyl sites for hydroxylation is 1. The van der Waals surface area contributed by atoms with Gasteiger partial charge in [-0.05, 0) is 41.6 Å². The van der Waals surface area contributed by atoms with Crippen LogP contribution < -0.4 is 5.32 Å². The minimum atomic E-state index is 0.128. The average molecular weight is 268 g/mol. The van der Waals surface area contributed by atoms with Crippen molar-refractivity contribution in [2.45, 2.75) is 39.2 Å². The number of rotatable bonds is 3. The molecule has 2 heteroatoms. The van der Waals surface area contributed by atoms with Gasteiger partial charge in [0.25, 0.3) is 0 Å². The standard InChI is InChI=1S/C18H24N2/c1-13-10-14(12-20-11-13)17(19-5)15-8-6-7-9-16(15)18(2,3)4/h6-12,17,19H,1-5H3. The number of benzene rings is 1. The van der Waals surface area contributed by atoms with E-state index >= 15 is 0 Å². The van der Waals surface area contributed by atoms with Crippen LogP contribution in [0.2, 0.25) is 0 Å². The molecule has 1 aromatic heterocycles. The number of aromatic nitrogens is 1. The molecule has 1 unspecified atom stereocenters. The summed E-state index contributed by atoms with van der Waals surface area (Å²) in [6, 6.07) is 11.0. The molecule has 0 aliphatic carbocycles. The van der Waals surface area contributed by atoms with E-state index in [1.807, 2.05) is 19.4 Å². The van der Waals surface area contributed by atoms with Crippen LogP contribution >= 0.6 is 0 Å². The van der Waals surface area contributed by atoms with Gasteiger partial charge in [-0.15, -0.1) is 0 Å². The fourth-order valence-electron chi connectivity index (χ4n) is 2.67. The summed E-state index contributed by atoms with van der Waals surface area (Å²) in [6.07, 6.45) is 3.85. The molecular formula is C18H24N2. The van der Waals surface area contributed by atoms with Gasteiger partial charge in [0.15, 0.2) is 0 Å². The lowest BCUT2D eigenvalue weighted by atomic mass is 9.80. The van der Waals surface area contributed by atoms with E-state index in [9.17, 15) is 0 Å². The van der Waals surface area contributed by atoms with Crippen LogP contribution in [0, 0.1) is 6.92 Å². The van der Waals surface area contributed by atoms with Gasteiger partial charge in [0, 0.05) is 12.4 Å². The number of pyridine rings is 1. The SMILES string of the molecule is CNC(c1cncc(C)c1)c1ccccc1C(C)(C)C. The number of hydrogen-bond donors (Lipinski definition) is 1. The summed E-state index contributed by atoms with van der Waals surface area (Å²) in [5.74, 6) is 0. The molecule has 0 saturated carbocycles. The Bertz CT molecular complexity index is 582. The Hall–Kier alpha value is -1.67. The van der Waals surface area contributed by atoms with E-state index in [0.717, 1.165) is 0 Å². The maximum atomic E-state index is 4.33. The second-order valence-electron chi connectivity index (χ2n) is 6.35. The highest BCUT2D eigenvalue weighted by molar-refractivity contribution is 5.40. The minimum Gasteiger partial charge on any atom is -0.309 e. The first-order valence-electron chi connectivity index (χ1n) is 7.11. The van der Waals surface area contributed by atoms with Crippen LogP contribution in [0.15, 0.2) is 42.7 Å².